The number of aryl methyl sites for hydroxylation is 2. The molecule has 0 aromatic heterocycles. The molecule has 1 rings (SSSR count). The molecule has 0 heterocycles. The van der Waals surface area contributed by atoms with Crippen LogP contribution in [0, 0.1) is 13.8 Å². The Bertz CT molecular complexity index is 281. The van der Waals surface area contributed by atoms with Crippen molar-refractivity contribution < 1.29 is 9.84 Å². The van der Waals surface area contributed by atoms with Crippen LogP contribution >= 0.6 is 0 Å². The van der Waals surface area contributed by atoms with Gasteiger partial charge in [-0.25, -0.2) is 0 Å². The van der Waals surface area contributed by atoms with Crippen LogP contribution in [0.25, 0.3) is 0 Å². The molecule has 0 saturated heterocycles. The molecule has 0 fully saturated rings. The number of hydrogen-bond donors (Lipinski definition) is 1. The van der Waals surface area contributed by atoms with Gasteiger partial charge in [0, 0.05) is 0 Å². The molecule has 1 atom stereocenters. The van der Waals surface area contributed by atoms with E-state index in [-0.39, 0.29) is 12.7 Å². The summed E-state index contributed by atoms with van der Waals surface area (Å²) >= 11 is 0. The third kappa shape index (κ3) is 2.74. The Morgan fingerprint density at radius 2 is 2.08 bits per heavy atom. The van der Waals surface area contributed by atoms with Crippen LogP contribution in [-0.2, 0) is 0 Å². The minimum atomic E-state index is -0.138. The summed E-state index contributed by atoms with van der Waals surface area (Å²) in [6.07, 6.45) is -0.138. The van der Waals surface area contributed by atoms with Gasteiger partial charge >= 0.3 is 0 Å². The maximum Gasteiger partial charge on any atom is 0.122 e. The quantitative estimate of drug-likeness (QED) is 0.771. The van der Waals surface area contributed by atoms with Crippen LogP contribution in [0.1, 0.15) is 18.1 Å². The summed E-state index contributed by atoms with van der Waals surface area (Å²) in [5, 5.41) is 8.83. The molecule has 0 amide bonds. The number of ether oxygens (including phenoxy) is 1. The topological polar surface area (TPSA) is 29.5 Å². The Hall–Kier alpha value is -1.02. The minimum Gasteiger partial charge on any atom is -0.488 e. The van der Waals surface area contributed by atoms with Gasteiger partial charge in [-0.15, -0.1) is 0 Å². The van der Waals surface area contributed by atoms with Crippen LogP contribution in [0.3, 0.4) is 0 Å². The van der Waals surface area contributed by atoms with Gasteiger partial charge in [0.25, 0.3) is 0 Å². The van der Waals surface area contributed by atoms with Crippen molar-refractivity contribution in [2.45, 2.75) is 26.9 Å². The van der Waals surface area contributed by atoms with Gasteiger partial charge in [0.1, 0.15) is 11.9 Å². The summed E-state index contributed by atoms with van der Waals surface area (Å²) in [6, 6.07) is 6.06. The molecule has 0 aliphatic heterocycles. The van der Waals surface area contributed by atoms with E-state index < -0.39 is 0 Å². The largest absolute Gasteiger partial charge is 0.488 e. The Balaban J connectivity index is 2.81. The average Bonchev–Trinajstić information content (AvgIpc) is 2.11. The molecule has 1 N–H and O–H groups in total. The summed E-state index contributed by atoms with van der Waals surface area (Å²) in [5.41, 5.74) is 2.27. The van der Waals surface area contributed by atoms with Crippen LogP contribution < -0.4 is 4.74 Å². The van der Waals surface area contributed by atoms with E-state index in [2.05, 4.69) is 0 Å². The lowest BCUT2D eigenvalue weighted by Gasteiger charge is -2.14. The molecule has 0 spiro atoms. The van der Waals surface area contributed by atoms with Gasteiger partial charge < -0.3 is 9.84 Å². The fourth-order valence-electron chi connectivity index (χ4n) is 1.09. The lowest BCUT2D eigenvalue weighted by molar-refractivity contribution is 0.129. The third-order valence-electron chi connectivity index (χ3n) is 1.93. The molecule has 2 nitrogen and oxygen atoms in total. The predicted octanol–water partition coefficient (Wildman–Crippen LogP) is 2.06. The second-order valence-electron chi connectivity index (χ2n) is 3.38. The van der Waals surface area contributed by atoms with Gasteiger partial charge in [0.2, 0.25) is 0 Å². The van der Waals surface area contributed by atoms with Gasteiger partial charge in [-0.2, -0.15) is 0 Å². The zero-order chi connectivity index (χ0) is 9.84. The highest BCUT2D eigenvalue weighted by molar-refractivity contribution is 5.36. The normalized spacial score (nSPS) is 12.6. The van der Waals surface area contributed by atoms with Gasteiger partial charge in [-0.3, -0.25) is 0 Å². The van der Waals surface area contributed by atoms with E-state index in [4.69, 9.17) is 9.84 Å². The molecule has 0 bridgehead atoms. The van der Waals surface area contributed by atoms with Gasteiger partial charge in [0.15, 0.2) is 0 Å². The lowest BCUT2D eigenvalue weighted by atomic mass is 10.1. The van der Waals surface area contributed by atoms with Crippen molar-refractivity contribution in [1.29, 1.82) is 0 Å². The van der Waals surface area contributed by atoms with E-state index in [9.17, 15) is 0 Å². The predicted molar refractivity (Wildman–Crippen MR) is 53.1 cm³/mol. The van der Waals surface area contributed by atoms with Crippen molar-refractivity contribution in [3.8, 4) is 5.75 Å². The monoisotopic (exact) mass is 180 g/mol. The lowest BCUT2D eigenvalue weighted by Crippen LogP contribution is -2.16. The van der Waals surface area contributed by atoms with Crippen molar-refractivity contribution in [2.24, 2.45) is 0 Å². The van der Waals surface area contributed by atoms with Crippen molar-refractivity contribution in [1.82, 2.24) is 0 Å². The number of aliphatic hydroxyl groups excluding tert-OH is 1. The van der Waals surface area contributed by atoms with Gasteiger partial charge in [-0.05, 0) is 38.0 Å². The highest BCUT2D eigenvalue weighted by Gasteiger charge is 2.04. The Labute approximate surface area is 79.2 Å². The third-order valence-corrected chi connectivity index (χ3v) is 1.93. The van der Waals surface area contributed by atoms with Crippen LogP contribution in [0.4, 0.5) is 0 Å². The summed E-state index contributed by atoms with van der Waals surface area (Å²) in [6.45, 7) is 5.92. The van der Waals surface area contributed by atoms with E-state index in [0.717, 1.165) is 11.3 Å². The number of hydrogen-bond acceptors (Lipinski definition) is 2. The summed E-state index contributed by atoms with van der Waals surface area (Å²) < 4.78 is 5.53. The summed E-state index contributed by atoms with van der Waals surface area (Å²) in [7, 11) is 0. The fourth-order valence-corrected chi connectivity index (χ4v) is 1.09. The maximum absolute atomic E-state index is 8.83. The van der Waals surface area contributed by atoms with Crippen molar-refractivity contribution in [2.75, 3.05) is 6.61 Å². The number of rotatable bonds is 3. The first-order valence-electron chi connectivity index (χ1n) is 4.48. The number of aliphatic hydroxyl groups is 1. The minimum absolute atomic E-state index is 0.0490. The molecule has 0 radical (unpaired) electrons. The van der Waals surface area contributed by atoms with Crippen molar-refractivity contribution in [3.63, 3.8) is 0 Å². The smallest absolute Gasteiger partial charge is 0.122 e. The summed E-state index contributed by atoms with van der Waals surface area (Å²) in [4.78, 5) is 0. The van der Waals surface area contributed by atoms with Crippen LogP contribution in [0.5, 0.6) is 5.75 Å². The number of benzene rings is 1. The second kappa shape index (κ2) is 4.28. The van der Waals surface area contributed by atoms with Crippen LogP contribution in [0.2, 0.25) is 0 Å². The Kier molecular flexibility index (Phi) is 3.32. The highest BCUT2D eigenvalue weighted by Crippen LogP contribution is 2.20. The standard InChI is InChI=1S/C11H16O2/c1-8-4-5-9(2)11(6-8)13-10(3)7-12/h4-6,10,12H,7H2,1-3H3. The maximum atomic E-state index is 8.83. The zero-order valence-electron chi connectivity index (χ0n) is 8.37. The molecule has 0 aliphatic rings. The zero-order valence-corrected chi connectivity index (χ0v) is 8.37. The Morgan fingerprint density at radius 3 is 2.69 bits per heavy atom. The average molecular weight is 180 g/mol. The molecule has 2 heteroatoms. The molecule has 72 valence electrons. The summed E-state index contributed by atoms with van der Waals surface area (Å²) in [5.74, 6) is 0.863. The first-order valence-corrected chi connectivity index (χ1v) is 4.48. The van der Waals surface area contributed by atoms with E-state index in [1.807, 2.05) is 39.0 Å². The molecular weight excluding hydrogens is 164 g/mol. The van der Waals surface area contributed by atoms with Crippen LogP contribution in [-0.4, -0.2) is 17.8 Å². The Morgan fingerprint density at radius 1 is 1.38 bits per heavy atom. The molecule has 1 aromatic carbocycles. The first kappa shape index (κ1) is 10.1. The fraction of sp³-hybridized carbons (Fsp3) is 0.455. The van der Waals surface area contributed by atoms with Gasteiger partial charge in [-0.1, -0.05) is 12.1 Å². The highest BCUT2D eigenvalue weighted by atomic mass is 16.5. The van der Waals surface area contributed by atoms with E-state index in [1.165, 1.54) is 5.56 Å². The van der Waals surface area contributed by atoms with Gasteiger partial charge in [0.05, 0.1) is 6.61 Å². The van der Waals surface area contributed by atoms with E-state index in [1.54, 1.807) is 0 Å². The van der Waals surface area contributed by atoms with E-state index in [0.29, 0.717) is 0 Å². The molecule has 0 saturated carbocycles. The second-order valence-corrected chi connectivity index (χ2v) is 3.38. The molecule has 13 heavy (non-hydrogen) atoms. The van der Waals surface area contributed by atoms with E-state index >= 15 is 0 Å². The molecule has 1 unspecified atom stereocenters. The van der Waals surface area contributed by atoms with Crippen LogP contribution in [0.15, 0.2) is 18.2 Å². The molecular formula is C11H16O2. The molecule has 0 aliphatic carbocycles. The van der Waals surface area contributed by atoms with Crippen molar-refractivity contribution in [3.05, 3.63) is 29.3 Å². The molecule has 1 aromatic rings. The van der Waals surface area contributed by atoms with Crippen molar-refractivity contribution >= 4 is 0 Å². The SMILES string of the molecule is Cc1ccc(C)c(OC(C)CO)c1. The first-order chi connectivity index (χ1) is 6.13.